The average Bonchev–Trinajstić information content (AvgIpc) is 2.39. The van der Waals surface area contributed by atoms with Crippen LogP contribution in [0.25, 0.3) is 0 Å². The Morgan fingerprint density at radius 3 is 2.53 bits per heavy atom. The highest BCUT2D eigenvalue weighted by atomic mass is 79.9. The van der Waals surface area contributed by atoms with Crippen molar-refractivity contribution < 1.29 is 9.13 Å². The summed E-state index contributed by atoms with van der Waals surface area (Å²) >= 11 is 3.38. The molecule has 2 rings (SSSR count). The van der Waals surface area contributed by atoms with Gasteiger partial charge >= 0.3 is 0 Å². The third-order valence-corrected chi connectivity index (χ3v) is 3.30. The van der Waals surface area contributed by atoms with Gasteiger partial charge in [0, 0.05) is 16.1 Å². The lowest BCUT2D eigenvalue weighted by atomic mass is 10.1. The van der Waals surface area contributed by atoms with Crippen molar-refractivity contribution in [3.05, 3.63) is 63.9 Å². The zero-order chi connectivity index (χ0) is 13.8. The van der Waals surface area contributed by atoms with Gasteiger partial charge < -0.3 is 10.5 Å². The van der Waals surface area contributed by atoms with Gasteiger partial charge in [-0.2, -0.15) is 0 Å². The van der Waals surface area contributed by atoms with Gasteiger partial charge in [-0.1, -0.05) is 28.1 Å². The van der Waals surface area contributed by atoms with Crippen LogP contribution in [0.3, 0.4) is 0 Å². The molecule has 0 aromatic heterocycles. The molecule has 2 aromatic rings. The normalized spacial score (nSPS) is 12.2. The van der Waals surface area contributed by atoms with Gasteiger partial charge in [-0.15, -0.1) is 0 Å². The van der Waals surface area contributed by atoms with Crippen LogP contribution in [0.4, 0.5) is 4.39 Å². The van der Waals surface area contributed by atoms with E-state index in [1.54, 1.807) is 13.0 Å². The van der Waals surface area contributed by atoms with E-state index in [9.17, 15) is 4.39 Å². The molecule has 0 aliphatic heterocycles. The third-order valence-electron chi connectivity index (χ3n) is 2.77. The molecular formula is C15H15BrFNO. The van der Waals surface area contributed by atoms with E-state index in [-0.39, 0.29) is 11.9 Å². The molecule has 0 saturated heterocycles. The highest BCUT2D eigenvalue weighted by Crippen LogP contribution is 2.25. The molecule has 4 heteroatoms. The highest BCUT2D eigenvalue weighted by Gasteiger charge is 2.09. The molecule has 19 heavy (non-hydrogen) atoms. The summed E-state index contributed by atoms with van der Waals surface area (Å²) < 4.78 is 19.9. The maximum atomic E-state index is 13.2. The van der Waals surface area contributed by atoms with E-state index >= 15 is 0 Å². The summed E-state index contributed by atoms with van der Waals surface area (Å²) in [6, 6.07) is 12.0. The van der Waals surface area contributed by atoms with Gasteiger partial charge in [0.1, 0.15) is 18.2 Å². The van der Waals surface area contributed by atoms with Gasteiger partial charge in [-0.05, 0) is 42.8 Å². The van der Waals surface area contributed by atoms with Crippen molar-refractivity contribution in [2.24, 2.45) is 5.73 Å². The van der Waals surface area contributed by atoms with E-state index < -0.39 is 0 Å². The molecular weight excluding hydrogens is 309 g/mol. The molecule has 0 fully saturated rings. The van der Waals surface area contributed by atoms with Crippen molar-refractivity contribution in [1.29, 1.82) is 0 Å². The number of benzene rings is 2. The van der Waals surface area contributed by atoms with Crippen LogP contribution in [0, 0.1) is 5.82 Å². The molecule has 100 valence electrons. The maximum Gasteiger partial charge on any atom is 0.124 e. The Balaban J connectivity index is 2.13. The van der Waals surface area contributed by atoms with E-state index in [2.05, 4.69) is 15.9 Å². The monoisotopic (exact) mass is 323 g/mol. The molecule has 0 unspecified atom stereocenters. The zero-order valence-corrected chi connectivity index (χ0v) is 12.2. The molecule has 0 spiro atoms. The summed E-state index contributed by atoms with van der Waals surface area (Å²) in [5, 5.41) is 0. The standard InChI is InChI=1S/C15H15BrFNO/c1-10(18)14-8-13(17)6-7-15(14)19-9-11-2-4-12(16)5-3-11/h2-8,10H,9,18H2,1H3/t10-/m1/s1. The number of rotatable bonds is 4. The van der Waals surface area contributed by atoms with Crippen LogP contribution in [-0.4, -0.2) is 0 Å². The van der Waals surface area contributed by atoms with E-state index in [1.165, 1.54) is 12.1 Å². The van der Waals surface area contributed by atoms with E-state index in [0.29, 0.717) is 17.9 Å². The molecule has 0 heterocycles. The number of hydrogen-bond acceptors (Lipinski definition) is 2. The quantitative estimate of drug-likeness (QED) is 0.915. The Morgan fingerprint density at radius 2 is 1.89 bits per heavy atom. The van der Waals surface area contributed by atoms with Gasteiger partial charge in [0.2, 0.25) is 0 Å². The second-order valence-corrected chi connectivity index (χ2v) is 5.30. The summed E-state index contributed by atoms with van der Waals surface area (Å²) in [5.41, 5.74) is 7.54. The summed E-state index contributed by atoms with van der Waals surface area (Å²) in [6.45, 7) is 2.24. The first-order valence-electron chi connectivity index (χ1n) is 5.98. The minimum Gasteiger partial charge on any atom is -0.489 e. The number of ether oxygens (including phenoxy) is 1. The fourth-order valence-electron chi connectivity index (χ4n) is 1.75. The van der Waals surface area contributed by atoms with Gasteiger partial charge in [0.05, 0.1) is 0 Å². The Hall–Kier alpha value is -1.39. The Bertz CT molecular complexity index is 555. The number of hydrogen-bond donors (Lipinski definition) is 1. The van der Waals surface area contributed by atoms with Crippen LogP contribution in [0.5, 0.6) is 5.75 Å². The first kappa shape index (κ1) is 14.0. The van der Waals surface area contributed by atoms with Crippen molar-refractivity contribution in [2.75, 3.05) is 0 Å². The SMILES string of the molecule is C[C@@H](N)c1cc(F)ccc1OCc1ccc(Br)cc1. The van der Waals surface area contributed by atoms with E-state index in [4.69, 9.17) is 10.5 Å². The van der Waals surface area contributed by atoms with E-state index in [1.807, 2.05) is 24.3 Å². The minimum atomic E-state index is -0.303. The fraction of sp³-hybridized carbons (Fsp3) is 0.200. The molecule has 2 nitrogen and oxygen atoms in total. The first-order valence-corrected chi connectivity index (χ1v) is 6.78. The molecule has 0 aliphatic carbocycles. The topological polar surface area (TPSA) is 35.2 Å². The molecule has 0 saturated carbocycles. The minimum absolute atomic E-state index is 0.268. The Labute approximate surface area is 120 Å². The van der Waals surface area contributed by atoms with Crippen molar-refractivity contribution in [3.8, 4) is 5.75 Å². The van der Waals surface area contributed by atoms with Crippen LogP contribution in [0.15, 0.2) is 46.9 Å². The van der Waals surface area contributed by atoms with Crippen molar-refractivity contribution in [3.63, 3.8) is 0 Å². The summed E-state index contributed by atoms with van der Waals surface area (Å²) in [7, 11) is 0. The van der Waals surface area contributed by atoms with Crippen LogP contribution in [-0.2, 0) is 6.61 Å². The summed E-state index contributed by atoms with van der Waals surface area (Å²) in [5.74, 6) is 0.322. The molecule has 0 radical (unpaired) electrons. The molecule has 2 N–H and O–H groups in total. The molecule has 1 atom stereocenters. The van der Waals surface area contributed by atoms with Crippen molar-refractivity contribution >= 4 is 15.9 Å². The maximum absolute atomic E-state index is 13.2. The molecule has 0 aliphatic rings. The molecule has 0 bridgehead atoms. The van der Waals surface area contributed by atoms with Gasteiger partial charge in [-0.3, -0.25) is 0 Å². The number of nitrogens with two attached hydrogens (primary N) is 1. The van der Waals surface area contributed by atoms with Crippen molar-refractivity contribution in [1.82, 2.24) is 0 Å². The molecule has 0 amide bonds. The second-order valence-electron chi connectivity index (χ2n) is 4.39. The predicted octanol–water partition coefficient (Wildman–Crippen LogP) is 4.19. The third kappa shape index (κ3) is 3.78. The summed E-state index contributed by atoms with van der Waals surface area (Å²) in [4.78, 5) is 0. The van der Waals surface area contributed by atoms with E-state index in [0.717, 1.165) is 10.0 Å². The van der Waals surface area contributed by atoms with Crippen molar-refractivity contribution in [2.45, 2.75) is 19.6 Å². The lowest BCUT2D eigenvalue weighted by Gasteiger charge is -2.14. The van der Waals surface area contributed by atoms with Gasteiger partial charge in [-0.25, -0.2) is 4.39 Å². The van der Waals surface area contributed by atoms with Crippen LogP contribution >= 0.6 is 15.9 Å². The average molecular weight is 324 g/mol. The van der Waals surface area contributed by atoms with Gasteiger partial charge in [0.25, 0.3) is 0 Å². The largest absolute Gasteiger partial charge is 0.489 e. The van der Waals surface area contributed by atoms with Crippen LogP contribution in [0.2, 0.25) is 0 Å². The highest BCUT2D eigenvalue weighted by molar-refractivity contribution is 9.10. The van der Waals surface area contributed by atoms with Gasteiger partial charge in [0.15, 0.2) is 0 Å². The first-order chi connectivity index (χ1) is 9.06. The van der Waals surface area contributed by atoms with Crippen LogP contribution < -0.4 is 10.5 Å². The predicted molar refractivity (Wildman–Crippen MR) is 77.5 cm³/mol. The molecule has 2 aromatic carbocycles. The Morgan fingerprint density at radius 1 is 1.21 bits per heavy atom. The fourth-order valence-corrected chi connectivity index (χ4v) is 2.01. The lowest BCUT2D eigenvalue weighted by Crippen LogP contribution is -2.08. The zero-order valence-electron chi connectivity index (χ0n) is 10.6. The smallest absolute Gasteiger partial charge is 0.124 e. The Kier molecular flexibility index (Phi) is 4.56. The second kappa shape index (κ2) is 6.17. The summed E-state index contributed by atoms with van der Waals surface area (Å²) in [6.07, 6.45) is 0. The lowest BCUT2D eigenvalue weighted by molar-refractivity contribution is 0.301. The van der Waals surface area contributed by atoms with Crippen LogP contribution in [0.1, 0.15) is 24.1 Å². The number of halogens is 2.